The SMILES string of the molecule is C=NN1C(C(=O)NCC23CC4=C(N)C(C2)C43)=CC(C(=O)NCc2ccc3oc(=O)n(C)c3c2)=N/C1=C(/C)F.CC.CC. The number of benzene rings is 1. The van der Waals surface area contributed by atoms with Crippen molar-refractivity contribution in [2.45, 2.75) is 54.0 Å². The van der Waals surface area contributed by atoms with Crippen LogP contribution in [0, 0.1) is 17.3 Å². The summed E-state index contributed by atoms with van der Waals surface area (Å²) in [6.07, 6.45) is 3.09. The number of hydrazone groups is 1. The fourth-order valence-electron chi connectivity index (χ4n) is 6.10. The van der Waals surface area contributed by atoms with E-state index in [4.69, 9.17) is 10.2 Å². The lowest BCUT2D eigenvalue weighted by Gasteiger charge is -2.72. The van der Waals surface area contributed by atoms with Gasteiger partial charge in [-0.1, -0.05) is 33.8 Å². The molecule has 2 heterocycles. The van der Waals surface area contributed by atoms with Crippen molar-refractivity contribution in [2.75, 3.05) is 6.54 Å². The summed E-state index contributed by atoms with van der Waals surface area (Å²) in [5.41, 5.74) is 9.89. The van der Waals surface area contributed by atoms with E-state index in [9.17, 15) is 18.8 Å². The van der Waals surface area contributed by atoms with Crippen molar-refractivity contribution in [3.05, 3.63) is 69.0 Å². The van der Waals surface area contributed by atoms with E-state index < -0.39 is 23.4 Å². The van der Waals surface area contributed by atoms with E-state index in [1.165, 1.54) is 16.2 Å². The Morgan fingerprint density at radius 2 is 1.95 bits per heavy atom. The van der Waals surface area contributed by atoms with Gasteiger partial charge in [0, 0.05) is 44.5 Å². The van der Waals surface area contributed by atoms with Crippen molar-refractivity contribution in [3.8, 4) is 0 Å². The monoisotopic (exact) mass is 579 g/mol. The number of aryl methyl sites for hydroxylation is 1. The van der Waals surface area contributed by atoms with Crippen LogP contribution in [0.4, 0.5) is 4.39 Å². The maximum absolute atomic E-state index is 14.4. The zero-order chi connectivity index (χ0) is 30.9. The Morgan fingerprint density at radius 3 is 2.55 bits per heavy atom. The van der Waals surface area contributed by atoms with Crippen LogP contribution in [0.1, 0.15) is 53.0 Å². The van der Waals surface area contributed by atoms with Gasteiger partial charge in [0.2, 0.25) is 0 Å². The van der Waals surface area contributed by atoms with Crippen LogP contribution in [0.2, 0.25) is 0 Å². The van der Waals surface area contributed by atoms with Gasteiger partial charge in [-0.25, -0.2) is 19.2 Å². The number of fused-ring (bicyclic) bond motifs is 1. The minimum Gasteiger partial charge on any atom is -0.408 e. The van der Waals surface area contributed by atoms with Crippen molar-refractivity contribution in [1.82, 2.24) is 20.2 Å². The number of amides is 2. The Labute approximate surface area is 243 Å². The van der Waals surface area contributed by atoms with Gasteiger partial charge in [-0.05, 0) is 54.4 Å². The molecule has 4 N–H and O–H groups in total. The number of hydrogen-bond acceptors (Lipinski definition) is 8. The molecule has 11 nitrogen and oxygen atoms in total. The zero-order valence-electron chi connectivity index (χ0n) is 24.9. The number of carbonyl (C=O) groups excluding carboxylic acids is 2. The first-order valence-electron chi connectivity index (χ1n) is 14.2. The summed E-state index contributed by atoms with van der Waals surface area (Å²) >= 11 is 0. The molecule has 1 aromatic heterocycles. The molecule has 6 rings (SSSR count). The lowest BCUT2D eigenvalue weighted by Crippen LogP contribution is -2.69. The minimum atomic E-state index is -0.730. The maximum atomic E-state index is 14.4. The normalized spacial score (nSPS) is 24.1. The summed E-state index contributed by atoms with van der Waals surface area (Å²) in [6, 6.07) is 5.08. The number of nitrogens with two attached hydrogens (primary N) is 1. The summed E-state index contributed by atoms with van der Waals surface area (Å²) in [7, 11) is 1.59. The van der Waals surface area contributed by atoms with E-state index in [0.717, 1.165) is 30.5 Å². The molecular weight excluding hydrogens is 541 g/mol. The van der Waals surface area contributed by atoms with Crippen LogP contribution in [0.15, 0.2) is 72.2 Å². The summed E-state index contributed by atoms with van der Waals surface area (Å²) in [4.78, 5) is 42.0. The highest BCUT2D eigenvalue weighted by Crippen LogP contribution is 2.75. The van der Waals surface area contributed by atoms with Crippen molar-refractivity contribution >= 4 is 35.3 Å². The van der Waals surface area contributed by atoms with Crippen molar-refractivity contribution in [1.29, 1.82) is 0 Å². The topological polar surface area (TPSA) is 147 Å². The third-order valence-corrected chi connectivity index (χ3v) is 8.13. The van der Waals surface area contributed by atoms with E-state index in [-0.39, 0.29) is 29.2 Å². The number of rotatable bonds is 7. The Morgan fingerprint density at radius 1 is 1.24 bits per heavy atom. The van der Waals surface area contributed by atoms with Gasteiger partial charge in [-0.2, -0.15) is 5.10 Å². The standard InChI is InChI=1S/C26H26FN7O4.2C2H6/c1-12(27)22-32-16(23(35)30-10-13-4-5-19-17(6-13)33(3)25(37)38-19)7-18(34(22)29-2)24(36)31-11-26-8-14-20(26)15(9-26)21(14)28;2*1-2/h4-7,14,20H,2,8-11,28H2,1,3H3,(H,30,35)(H,31,36);2*1-2H3/b22-12+;;. The molecule has 1 aromatic carbocycles. The first-order chi connectivity index (χ1) is 20.1. The molecule has 0 spiro atoms. The Kier molecular flexibility index (Phi) is 8.55. The van der Waals surface area contributed by atoms with Crippen LogP contribution in [0.5, 0.6) is 0 Å². The molecule has 2 amide bonds. The second-order valence-corrected chi connectivity index (χ2v) is 10.2. The number of nitrogens with one attached hydrogen (secondary N) is 2. The van der Waals surface area contributed by atoms with Crippen molar-refractivity contribution < 1.29 is 18.4 Å². The van der Waals surface area contributed by atoms with Gasteiger partial charge in [0.1, 0.15) is 17.2 Å². The fourth-order valence-corrected chi connectivity index (χ4v) is 6.10. The average molecular weight is 580 g/mol. The van der Waals surface area contributed by atoms with E-state index in [0.29, 0.717) is 35.0 Å². The van der Waals surface area contributed by atoms with E-state index in [1.807, 2.05) is 27.7 Å². The summed E-state index contributed by atoms with van der Waals surface area (Å²) in [6.45, 7) is 13.2. The van der Waals surface area contributed by atoms with Gasteiger partial charge < -0.3 is 20.8 Å². The van der Waals surface area contributed by atoms with E-state index in [2.05, 4.69) is 27.4 Å². The molecule has 1 aliphatic heterocycles. The molecule has 224 valence electrons. The smallest absolute Gasteiger partial charge is 0.408 e. The van der Waals surface area contributed by atoms with Gasteiger partial charge >= 0.3 is 5.76 Å². The molecule has 12 heteroatoms. The average Bonchev–Trinajstić information content (AvgIpc) is 3.29. The predicted octanol–water partition coefficient (Wildman–Crippen LogP) is 3.58. The van der Waals surface area contributed by atoms with Gasteiger partial charge in [0.05, 0.1) is 5.52 Å². The summed E-state index contributed by atoms with van der Waals surface area (Å²) in [5, 5.41) is 10.4. The number of halogens is 1. The van der Waals surface area contributed by atoms with Crippen LogP contribution in [-0.4, -0.2) is 40.4 Å². The molecule has 3 atom stereocenters. The Hall–Kier alpha value is -4.48. The number of oxazole rings is 1. The van der Waals surface area contributed by atoms with Crippen LogP contribution in [0.3, 0.4) is 0 Å². The number of allylic oxidation sites excluding steroid dienone is 3. The molecule has 0 bridgehead atoms. The molecule has 4 aliphatic rings. The van der Waals surface area contributed by atoms with Gasteiger partial charge in [0.25, 0.3) is 11.8 Å². The Bertz CT molecular complexity index is 1630. The number of aromatic nitrogens is 1. The van der Waals surface area contributed by atoms with E-state index >= 15 is 0 Å². The molecule has 2 fully saturated rings. The van der Waals surface area contributed by atoms with Gasteiger partial charge in [-0.15, -0.1) is 0 Å². The van der Waals surface area contributed by atoms with Crippen LogP contribution in [0.25, 0.3) is 11.1 Å². The molecule has 2 aromatic rings. The van der Waals surface area contributed by atoms with Crippen LogP contribution < -0.4 is 22.1 Å². The molecule has 3 aliphatic carbocycles. The lowest BCUT2D eigenvalue weighted by molar-refractivity contribution is -0.126. The first-order valence-corrected chi connectivity index (χ1v) is 14.2. The second-order valence-electron chi connectivity index (χ2n) is 10.2. The Balaban J connectivity index is 0.000000972. The molecule has 0 saturated heterocycles. The highest BCUT2D eigenvalue weighted by atomic mass is 19.1. The maximum Gasteiger partial charge on any atom is 0.419 e. The quantitative estimate of drug-likeness (QED) is 0.427. The van der Waals surface area contributed by atoms with Gasteiger partial charge in [-0.3, -0.25) is 14.2 Å². The third kappa shape index (κ3) is 4.84. The summed E-state index contributed by atoms with van der Waals surface area (Å²) < 4.78 is 20.9. The largest absolute Gasteiger partial charge is 0.419 e. The number of hydrogen-bond donors (Lipinski definition) is 3. The fraction of sp³-hybridized carbons (Fsp3) is 0.433. The highest BCUT2D eigenvalue weighted by Gasteiger charge is 2.69. The van der Waals surface area contributed by atoms with Gasteiger partial charge in [0.15, 0.2) is 11.4 Å². The van der Waals surface area contributed by atoms with Crippen molar-refractivity contribution in [3.63, 3.8) is 0 Å². The number of nitrogens with zero attached hydrogens (tertiary/aromatic N) is 4. The predicted molar refractivity (Wildman–Crippen MR) is 160 cm³/mol. The van der Waals surface area contributed by atoms with Crippen LogP contribution in [-0.2, 0) is 23.2 Å². The molecular formula is C30H38FN7O4. The van der Waals surface area contributed by atoms with E-state index in [1.54, 1.807) is 25.2 Å². The molecule has 0 radical (unpaired) electrons. The first kappa shape index (κ1) is 30.5. The minimum absolute atomic E-state index is 0.0305. The second kappa shape index (κ2) is 11.8. The number of carbonyl (C=O) groups is 2. The molecule has 42 heavy (non-hydrogen) atoms. The summed E-state index contributed by atoms with van der Waals surface area (Å²) in [5.74, 6) is -1.75. The molecule has 2 saturated carbocycles. The van der Waals surface area contributed by atoms with Crippen LogP contribution >= 0.6 is 0 Å². The highest BCUT2D eigenvalue weighted by molar-refractivity contribution is 6.44. The zero-order valence-corrected chi connectivity index (χ0v) is 24.9. The third-order valence-electron chi connectivity index (χ3n) is 8.13. The molecule has 3 unspecified atom stereocenters. The van der Waals surface area contributed by atoms with Crippen molar-refractivity contribution in [2.24, 2.45) is 40.1 Å². The lowest BCUT2D eigenvalue weighted by atomic mass is 9.33. The number of aliphatic imine (C=N–C) groups is 1.